The highest BCUT2D eigenvalue weighted by Crippen LogP contribution is 2.21. The van der Waals surface area contributed by atoms with Crippen molar-refractivity contribution in [2.24, 2.45) is 0 Å². The van der Waals surface area contributed by atoms with E-state index < -0.39 is 0 Å². The Morgan fingerprint density at radius 3 is 2.50 bits per heavy atom. The summed E-state index contributed by atoms with van der Waals surface area (Å²) in [6.45, 7) is 2.65. The second-order valence-corrected chi connectivity index (χ2v) is 6.52. The maximum Gasteiger partial charge on any atom is 0.253 e. The largest absolute Gasteiger partial charge is 0.381 e. The second kappa shape index (κ2) is 7.83. The van der Waals surface area contributed by atoms with Crippen LogP contribution in [0.25, 0.3) is 11.1 Å². The van der Waals surface area contributed by atoms with Crippen LogP contribution in [0.15, 0.2) is 67.0 Å². The zero-order valence-corrected chi connectivity index (χ0v) is 15.4. The lowest BCUT2D eigenvalue weighted by Crippen LogP contribution is -2.22. The van der Waals surface area contributed by atoms with Gasteiger partial charge in [0.15, 0.2) is 0 Å². The maximum absolute atomic E-state index is 12.3. The van der Waals surface area contributed by atoms with Crippen molar-refractivity contribution in [3.63, 3.8) is 0 Å². The summed E-state index contributed by atoms with van der Waals surface area (Å²) in [4.78, 5) is 18.0. The summed E-state index contributed by atoms with van der Waals surface area (Å²) in [6.07, 6.45) is 3.60. The minimum atomic E-state index is 0.0193. The molecule has 4 heteroatoms. The van der Waals surface area contributed by atoms with Gasteiger partial charge in [0.05, 0.1) is 0 Å². The molecule has 0 atom stereocenters. The van der Waals surface area contributed by atoms with Crippen LogP contribution < -0.4 is 5.32 Å². The highest BCUT2D eigenvalue weighted by atomic mass is 16.2. The summed E-state index contributed by atoms with van der Waals surface area (Å²) in [6, 6.07) is 18.3. The molecule has 0 aliphatic carbocycles. The summed E-state index contributed by atoms with van der Waals surface area (Å²) < 4.78 is 0. The smallest absolute Gasteiger partial charge is 0.253 e. The van der Waals surface area contributed by atoms with Crippen LogP contribution >= 0.6 is 0 Å². The molecule has 0 aliphatic heterocycles. The minimum absolute atomic E-state index is 0.0193. The minimum Gasteiger partial charge on any atom is -0.381 e. The first-order valence-corrected chi connectivity index (χ1v) is 8.60. The Morgan fingerprint density at radius 2 is 1.77 bits per heavy atom. The van der Waals surface area contributed by atoms with Crippen LogP contribution in [0, 0.1) is 6.92 Å². The third-order valence-electron chi connectivity index (χ3n) is 4.31. The third kappa shape index (κ3) is 4.09. The molecule has 1 aromatic heterocycles. The van der Waals surface area contributed by atoms with E-state index in [1.807, 2.05) is 37.3 Å². The molecule has 1 heterocycles. The van der Waals surface area contributed by atoms with Crippen LogP contribution in [-0.4, -0.2) is 29.9 Å². The van der Waals surface area contributed by atoms with Crippen molar-refractivity contribution in [3.8, 4) is 11.1 Å². The fourth-order valence-corrected chi connectivity index (χ4v) is 2.81. The molecule has 132 valence electrons. The number of nitrogens with one attached hydrogen (secondary N) is 1. The number of aromatic nitrogens is 1. The highest BCUT2D eigenvalue weighted by Gasteiger charge is 2.11. The van der Waals surface area contributed by atoms with Crippen molar-refractivity contribution in [1.82, 2.24) is 9.88 Å². The molecule has 0 saturated carbocycles. The molecule has 26 heavy (non-hydrogen) atoms. The number of amides is 1. The molecule has 0 radical (unpaired) electrons. The molecule has 0 saturated heterocycles. The molecular formula is C22H23N3O. The summed E-state index contributed by atoms with van der Waals surface area (Å²) in [5.41, 5.74) is 6.14. The molecule has 3 rings (SSSR count). The van der Waals surface area contributed by atoms with Crippen LogP contribution in [0.2, 0.25) is 0 Å². The first-order valence-electron chi connectivity index (χ1n) is 8.60. The topological polar surface area (TPSA) is 45.2 Å². The lowest BCUT2D eigenvalue weighted by Gasteiger charge is -2.15. The van der Waals surface area contributed by atoms with Crippen molar-refractivity contribution in [3.05, 3.63) is 83.7 Å². The average Bonchev–Trinajstić information content (AvgIpc) is 2.67. The molecule has 2 aromatic carbocycles. The fraction of sp³-hybridized carbons (Fsp3) is 0.182. The predicted molar refractivity (Wildman–Crippen MR) is 106 cm³/mol. The third-order valence-corrected chi connectivity index (χ3v) is 4.31. The van der Waals surface area contributed by atoms with Crippen LogP contribution in [0.3, 0.4) is 0 Å². The first kappa shape index (κ1) is 17.7. The molecule has 0 aliphatic rings. The van der Waals surface area contributed by atoms with Crippen LogP contribution in [-0.2, 0) is 6.54 Å². The van der Waals surface area contributed by atoms with Crippen molar-refractivity contribution >= 4 is 11.6 Å². The van der Waals surface area contributed by atoms with E-state index in [2.05, 4.69) is 34.6 Å². The van der Waals surface area contributed by atoms with Crippen molar-refractivity contribution in [1.29, 1.82) is 0 Å². The fourth-order valence-electron chi connectivity index (χ4n) is 2.81. The molecule has 1 amide bonds. The first-order chi connectivity index (χ1) is 12.5. The van der Waals surface area contributed by atoms with Gasteiger partial charge in [-0.15, -0.1) is 0 Å². The molecule has 0 unspecified atom stereocenters. The monoisotopic (exact) mass is 345 g/mol. The summed E-state index contributed by atoms with van der Waals surface area (Å²) >= 11 is 0. The number of pyridine rings is 1. The van der Waals surface area contributed by atoms with Crippen molar-refractivity contribution < 1.29 is 4.79 Å². The van der Waals surface area contributed by atoms with Crippen LogP contribution in [0.1, 0.15) is 21.5 Å². The van der Waals surface area contributed by atoms with Gasteiger partial charge >= 0.3 is 0 Å². The van der Waals surface area contributed by atoms with E-state index in [4.69, 9.17) is 0 Å². The molecular weight excluding hydrogens is 322 g/mol. The Morgan fingerprint density at radius 1 is 1.00 bits per heavy atom. The van der Waals surface area contributed by atoms with Gasteiger partial charge in [-0.05, 0) is 59.5 Å². The van der Waals surface area contributed by atoms with E-state index in [0.29, 0.717) is 6.54 Å². The summed E-state index contributed by atoms with van der Waals surface area (Å²) in [5.74, 6) is 0.0193. The number of hydrogen-bond donors (Lipinski definition) is 1. The number of carbonyl (C=O) groups is 1. The van der Waals surface area contributed by atoms with Gasteiger partial charge in [-0.1, -0.05) is 24.3 Å². The van der Waals surface area contributed by atoms with Crippen molar-refractivity contribution in [2.75, 3.05) is 19.4 Å². The van der Waals surface area contributed by atoms with Gasteiger partial charge in [0.1, 0.15) is 0 Å². The second-order valence-electron chi connectivity index (χ2n) is 6.52. The molecule has 1 N–H and O–H groups in total. The highest BCUT2D eigenvalue weighted by molar-refractivity contribution is 5.96. The molecule has 3 aromatic rings. The Balaban J connectivity index is 1.76. The zero-order valence-electron chi connectivity index (χ0n) is 15.4. The number of aryl methyl sites for hydroxylation is 1. The number of rotatable bonds is 5. The van der Waals surface area contributed by atoms with Gasteiger partial charge in [-0.25, -0.2) is 0 Å². The lowest BCUT2D eigenvalue weighted by molar-refractivity contribution is 0.0827. The standard InChI is InChI=1S/C22H23N3O/c1-16-7-8-20(14-21(16)22(26)25(2)3)24-15-17-5-4-6-19(13-17)18-9-11-23-12-10-18/h4-14,24H,15H2,1-3H3. The van der Waals surface area contributed by atoms with Gasteiger partial charge in [-0.3, -0.25) is 9.78 Å². The predicted octanol–water partition coefficient (Wildman–Crippen LogP) is 4.37. The maximum atomic E-state index is 12.3. The van der Waals surface area contributed by atoms with Gasteiger partial charge in [0.2, 0.25) is 0 Å². The number of benzene rings is 2. The van der Waals surface area contributed by atoms with E-state index in [0.717, 1.165) is 22.4 Å². The molecule has 0 spiro atoms. The molecule has 0 fully saturated rings. The summed E-state index contributed by atoms with van der Waals surface area (Å²) in [7, 11) is 3.54. The Hall–Kier alpha value is -3.14. The Labute approximate surface area is 154 Å². The molecule has 4 nitrogen and oxygen atoms in total. The quantitative estimate of drug-likeness (QED) is 0.747. The number of anilines is 1. The van der Waals surface area contributed by atoms with Crippen LogP contribution in [0.5, 0.6) is 0 Å². The van der Waals surface area contributed by atoms with E-state index in [9.17, 15) is 4.79 Å². The van der Waals surface area contributed by atoms with Crippen molar-refractivity contribution in [2.45, 2.75) is 13.5 Å². The van der Waals surface area contributed by atoms with E-state index >= 15 is 0 Å². The average molecular weight is 345 g/mol. The number of hydrogen-bond acceptors (Lipinski definition) is 3. The van der Waals surface area contributed by atoms with Gasteiger partial charge in [-0.2, -0.15) is 0 Å². The van der Waals surface area contributed by atoms with E-state index in [1.54, 1.807) is 31.4 Å². The van der Waals surface area contributed by atoms with Gasteiger partial charge in [0.25, 0.3) is 5.91 Å². The summed E-state index contributed by atoms with van der Waals surface area (Å²) in [5, 5.41) is 3.42. The lowest BCUT2D eigenvalue weighted by atomic mass is 10.0. The number of nitrogens with zero attached hydrogens (tertiary/aromatic N) is 2. The molecule has 0 bridgehead atoms. The van der Waals surface area contributed by atoms with Gasteiger partial charge in [0, 0.05) is 44.3 Å². The van der Waals surface area contributed by atoms with E-state index in [-0.39, 0.29) is 5.91 Å². The van der Waals surface area contributed by atoms with E-state index in [1.165, 1.54) is 11.1 Å². The Kier molecular flexibility index (Phi) is 5.32. The Bertz CT molecular complexity index is 904. The number of carbonyl (C=O) groups excluding carboxylic acids is 1. The van der Waals surface area contributed by atoms with Crippen LogP contribution in [0.4, 0.5) is 5.69 Å². The van der Waals surface area contributed by atoms with Gasteiger partial charge < -0.3 is 10.2 Å². The SMILES string of the molecule is Cc1ccc(NCc2cccc(-c3ccncc3)c2)cc1C(=O)N(C)C. The normalized spacial score (nSPS) is 10.4. The zero-order chi connectivity index (χ0) is 18.5.